The van der Waals surface area contributed by atoms with Crippen LogP contribution in [0.3, 0.4) is 0 Å². The molecule has 8 atom stereocenters. The molecule has 55 heavy (non-hydrogen) atoms. The Morgan fingerprint density at radius 3 is 2.35 bits per heavy atom. The Morgan fingerprint density at radius 2 is 1.71 bits per heavy atom. The van der Waals surface area contributed by atoms with E-state index in [1.807, 2.05) is 24.3 Å². The van der Waals surface area contributed by atoms with Crippen molar-refractivity contribution in [3.8, 4) is 0 Å². The van der Waals surface area contributed by atoms with Gasteiger partial charge in [-0.25, -0.2) is 0 Å². The summed E-state index contributed by atoms with van der Waals surface area (Å²) in [5.41, 5.74) is -1.14. The summed E-state index contributed by atoms with van der Waals surface area (Å²) in [5.74, 6) is -2.60. The molecule has 5 fully saturated rings. The number of fused-ring (bicyclic) bond motifs is 4. The van der Waals surface area contributed by atoms with Crippen molar-refractivity contribution in [2.24, 2.45) is 5.41 Å². The van der Waals surface area contributed by atoms with Crippen LogP contribution in [0, 0.1) is 8.99 Å². The number of ether oxygens (including phenoxy) is 4. The minimum absolute atomic E-state index is 0.0167. The minimum atomic E-state index is -1.40. The predicted octanol–water partition coefficient (Wildman–Crippen LogP) is 5.32. The third-order valence-electron chi connectivity index (χ3n) is 11.7. The van der Waals surface area contributed by atoms with Gasteiger partial charge in [0.25, 0.3) is 0 Å². The molecule has 14 heteroatoms. The van der Waals surface area contributed by atoms with Crippen LogP contribution in [0.15, 0.2) is 24.3 Å². The Labute approximate surface area is 338 Å². The van der Waals surface area contributed by atoms with Crippen molar-refractivity contribution in [3.63, 3.8) is 0 Å². The molecule has 0 spiro atoms. The Hall–Kier alpha value is -2.37. The highest BCUT2D eigenvalue weighted by Crippen LogP contribution is 2.59. The summed E-state index contributed by atoms with van der Waals surface area (Å²) in [6, 6.07) is 5.32. The van der Waals surface area contributed by atoms with Gasteiger partial charge >= 0.3 is 11.9 Å². The zero-order chi connectivity index (χ0) is 39.5. The van der Waals surface area contributed by atoms with Crippen molar-refractivity contribution in [1.29, 1.82) is 0 Å². The minimum Gasteiger partial charge on any atom is -0.460 e. The Balaban J connectivity index is 1.29. The molecule has 0 aromatic heterocycles. The second kappa shape index (κ2) is 17.6. The van der Waals surface area contributed by atoms with Crippen LogP contribution < -0.4 is 5.32 Å². The normalized spacial score (nSPS) is 30.2. The number of hydrogen-bond acceptors (Lipinski definition) is 11. The summed E-state index contributed by atoms with van der Waals surface area (Å²) in [7, 11) is 0. The summed E-state index contributed by atoms with van der Waals surface area (Å²) in [6.45, 7) is 9.84. The van der Waals surface area contributed by atoms with Crippen molar-refractivity contribution >= 4 is 46.3 Å². The van der Waals surface area contributed by atoms with Gasteiger partial charge in [0.15, 0.2) is 11.8 Å². The number of rotatable bonds is 17. The fraction of sp³-hybridized carbons (Fsp3) is 0.756. The molecule has 306 valence electrons. The van der Waals surface area contributed by atoms with E-state index >= 15 is 4.79 Å². The number of hydrogen-bond donors (Lipinski definition) is 2. The van der Waals surface area contributed by atoms with Crippen molar-refractivity contribution in [2.45, 2.75) is 179 Å². The monoisotopic (exact) mass is 881 g/mol. The van der Waals surface area contributed by atoms with E-state index in [1.54, 1.807) is 30.7 Å². The number of halogens is 1. The molecule has 0 radical (unpaired) electrons. The zero-order valence-electron chi connectivity index (χ0n) is 33.1. The third kappa shape index (κ3) is 9.04. The van der Waals surface area contributed by atoms with Gasteiger partial charge in [0, 0.05) is 35.8 Å². The lowest BCUT2D eigenvalue weighted by Crippen LogP contribution is -2.70. The number of benzene rings is 1. The van der Waals surface area contributed by atoms with Gasteiger partial charge in [0.2, 0.25) is 11.8 Å². The standard InChI is InChI=1S/C41H60IN3O10/c1-6-8-10-20-40(21-11-9-7-2)53-32-30-23-41(34(37(49)51-30)45(55-35(41)33(32)54-40)24-26-14-16-27(42)17-15-26)38(50)44-22-12-13-29(44)36(48)43-28(25-46)18-19-31(47)52-39(3,4)5/h14-17,28-30,32-35,46H,6-13,18-25H2,1-5H3,(H,43,48)/t28-,29+,30+,32-,33-,34+,35+,41+/m0/s1. The van der Waals surface area contributed by atoms with Crippen LogP contribution in [0.25, 0.3) is 0 Å². The average molecular weight is 882 g/mol. The molecule has 2 bridgehead atoms. The van der Waals surface area contributed by atoms with Crippen LogP contribution in [0.2, 0.25) is 0 Å². The Kier molecular flexibility index (Phi) is 13.5. The van der Waals surface area contributed by atoms with Crippen molar-refractivity contribution in [1.82, 2.24) is 15.3 Å². The maximum atomic E-state index is 15.4. The van der Waals surface area contributed by atoms with E-state index in [-0.39, 0.29) is 38.3 Å². The van der Waals surface area contributed by atoms with E-state index in [9.17, 15) is 19.5 Å². The lowest BCUT2D eigenvalue weighted by Gasteiger charge is -2.50. The first-order chi connectivity index (χ1) is 26.2. The van der Waals surface area contributed by atoms with Gasteiger partial charge in [0.05, 0.1) is 19.2 Å². The molecule has 2 N–H and O–H groups in total. The number of hydroxylamine groups is 2. The molecule has 2 amide bonds. The summed E-state index contributed by atoms with van der Waals surface area (Å²) < 4.78 is 26.6. The highest BCUT2D eigenvalue weighted by atomic mass is 127. The van der Waals surface area contributed by atoms with Crippen LogP contribution in [0.1, 0.15) is 124 Å². The molecular formula is C41H60IN3O10. The number of amides is 2. The first-order valence-electron chi connectivity index (χ1n) is 20.4. The number of aliphatic hydroxyl groups excluding tert-OH is 1. The van der Waals surface area contributed by atoms with Crippen LogP contribution in [0.5, 0.6) is 0 Å². The van der Waals surface area contributed by atoms with E-state index in [4.69, 9.17) is 23.8 Å². The van der Waals surface area contributed by atoms with E-state index < -0.39 is 77.2 Å². The smallest absolute Gasteiger partial charge is 0.327 e. The number of nitrogens with zero attached hydrogens (tertiary/aromatic N) is 2. The second-order valence-electron chi connectivity index (χ2n) is 17.0. The number of carbonyl (C=O) groups is 4. The molecular weight excluding hydrogens is 821 g/mol. The Bertz CT molecular complexity index is 1530. The molecule has 1 saturated carbocycles. The third-order valence-corrected chi connectivity index (χ3v) is 12.4. The van der Waals surface area contributed by atoms with Crippen LogP contribution in [-0.2, 0) is 49.5 Å². The number of carbonyl (C=O) groups excluding carboxylic acids is 4. The number of aliphatic hydroxyl groups is 1. The number of esters is 2. The van der Waals surface area contributed by atoms with Gasteiger partial charge < -0.3 is 34.3 Å². The first-order valence-corrected chi connectivity index (χ1v) is 21.5. The van der Waals surface area contributed by atoms with Crippen LogP contribution >= 0.6 is 22.6 Å². The Morgan fingerprint density at radius 1 is 1.04 bits per heavy atom. The lowest BCUT2D eigenvalue weighted by molar-refractivity contribution is -0.225. The first kappa shape index (κ1) is 42.2. The zero-order valence-corrected chi connectivity index (χ0v) is 35.2. The molecule has 0 unspecified atom stereocenters. The van der Waals surface area contributed by atoms with E-state index in [1.165, 1.54) is 0 Å². The van der Waals surface area contributed by atoms with Gasteiger partial charge in [-0.15, -0.1) is 0 Å². The lowest BCUT2D eigenvalue weighted by atomic mass is 9.62. The highest BCUT2D eigenvalue weighted by Gasteiger charge is 2.77. The van der Waals surface area contributed by atoms with Gasteiger partial charge in [-0.2, -0.15) is 5.06 Å². The summed E-state index contributed by atoms with van der Waals surface area (Å²) in [5, 5.41) is 14.6. The quantitative estimate of drug-likeness (QED) is 0.119. The van der Waals surface area contributed by atoms with Crippen molar-refractivity contribution in [2.75, 3.05) is 13.2 Å². The largest absolute Gasteiger partial charge is 0.460 e. The molecule has 4 saturated heterocycles. The summed E-state index contributed by atoms with van der Waals surface area (Å²) in [6.07, 6.45) is 5.88. The van der Waals surface area contributed by atoms with Crippen LogP contribution in [-0.4, -0.2) is 106 Å². The van der Waals surface area contributed by atoms with Gasteiger partial charge in [-0.1, -0.05) is 51.7 Å². The van der Waals surface area contributed by atoms with E-state index in [0.717, 1.165) is 47.7 Å². The fourth-order valence-electron chi connectivity index (χ4n) is 9.19. The number of likely N-dealkylation sites (tertiary alicyclic amines) is 1. The van der Waals surface area contributed by atoms with Crippen LogP contribution in [0.4, 0.5) is 0 Å². The SMILES string of the molecule is CCCCCC1(CCCCC)O[C@@H]2[C@H](O1)[C@H]1ON(Cc3ccc(I)cc3)[C@@H]3C(=O)O[C@@H]2C[C@]13C(=O)N1CCC[C@@H]1C(=O)N[C@H](CO)CCC(=O)OC(C)(C)C. The summed E-state index contributed by atoms with van der Waals surface area (Å²) >= 11 is 2.25. The second-order valence-corrected chi connectivity index (χ2v) is 18.3. The maximum Gasteiger partial charge on any atom is 0.327 e. The fourth-order valence-corrected chi connectivity index (χ4v) is 9.55. The molecule has 5 aliphatic rings. The van der Waals surface area contributed by atoms with Gasteiger partial charge in [-0.05, 0) is 93.2 Å². The summed E-state index contributed by atoms with van der Waals surface area (Å²) in [4.78, 5) is 64.4. The molecule has 1 aromatic rings. The molecule has 4 aliphatic heterocycles. The van der Waals surface area contributed by atoms with Gasteiger partial charge in [-0.3, -0.25) is 24.0 Å². The molecule has 6 rings (SSSR count). The van der Waals surface area contributed by atoms with E-state index in [0.29, 0.717) is 32.2 Å². The average Bonchev–Trinajstić information content (AvgIpc) is 3.86. The number of nitrogens with one attached hydrogen (secondary N) is 1. The van der Waals surface area contributed by atoms with Crippen molar-refractivity contribution in [3.05, 3.63) is 33.4 Å². The molecule has 13 nitrogen and oxygen atoms in total. The topological polar surface area (TPSA) is 153 Å². The number of unbranched alkanes of at least 4 members (excludes halogenated alkanes) is 4. The molecule has 1 aromatic carbocycles. The van der Waals surface area contributed by atoms with Crippen molar-refractivity contribution < 1.29 is 48.1 Å². The molecule has 4 heterocycles. The van der Waals surface area contributed by atoms with E-state index in [2.05, 4.69) is 41.8 Å². The molecule has 1 aliphatic carbocycles. The highest BCUT2D eigenvalue weighted by molar-refractivity contribution is 14.1. The predicted molar refractivity (Wildman–Crippen MR) is 210 cm³/mol. The maximum absolute atomic E-state index is 15.4. The van der Waals surface area contributed by atoms with Gasteiger partial charge in [0.1, 0.15) is 41.5 Å².